The summed E-state index contributed by atoms with van der Waals surface area (Å²) in [6, 6.07) is 0. The Hall–Kier alpha value is -0.0800. The number of hydrogen-bond donors (Lipinski definition) is 0. The van der Waals surface area contributed by atoms with Crippen LogP contribution in [-0.4, -0.2) is 36.7 Å². The molecule has 1 rings (SSSR count). The molecule has 2 heteroatoms. The average Bonchev–Trinajstić information content (AvgIpc) is 2.48. The molecule has 0 aromatic rings. The van der Waals surface area contributed by atoms with Crippen LogP contribution in [0.5, 0.6) is 0 Å². The van der Waals surface area contributed by atoms with Gasteiger partial charge >= 0.3 is 0 Å². The third-order valence-electron chi connectivity index (χ3n) is 2.35. The molecule has 0 aliphatic carbocycles. The van der Waals surface area contributed by atoms with Crippen LogP contribution in [0.15, 0.2) is 0 Å². The van der Waals surface area contributed by atoms with Crippen LogP contribution in [0, 0.1) is 0 Å². The molecule has 1 saturated heterocycles. The second-order valence-electron chi connectivity index (χ2n) is 4.86. The van der Waals surface area contributed by atoms with Gasteiger partial charge in [-0.3, -0.25) is 0 Å². The van der Waals surface area contributed by atoms with Crippen LogP contribution in [0.3, 0.4) is 0 Å². The van der Waals surface area contributed by atoms with Gasteiger partial charge < -0.3 is 9.64 Å². The van der Waals surface area contributed by atoms with Gasteiger partial charge in [0.2, 0.25) is 0 Å². The van der Waals surface area contributed by atoms with Gasteiger partial charge in [0.25, 0.3) is 0 Å². The van der Waals surface area contributed by atoms with Crippen molar-refractivity contribution in [2.24, 2.45) is 0 Å². The summed E-state index contributed by atoms with van der Waals surface area (Å²) in [4.78, 5) is 2.53. The summed E-state index contributed by atoms with van der Waals surface area (Å²) >= 11 is 0. The van der Waals surface area contributed by atoms with Gasteiger partial charge in [0.05, 0.1) is 5.60 Å². The van der Waals surface area contributed by atoms with Gasteiger partial charge in [-0.2, -0.15) is 0 Å². The van der Waals surface area contributed by atoms with Crippen LogP contribution in [-0.2, 0) is 4.74 Å². The SMILES string of the molecule is CC(C)(C)OCCCN1CCCC1. The lowest BCUT2D eigenvalue weighted by atomic mass is 10.2. The summed E-state index contributed by atoms with van der Waals surface area (Å²) in [6.45, 7) is 11.1. The minimum absolute atomic E-state index is 0.0327. The van der Waals surface area contributed by atoms with E-state index >= 15 is 0 Å². The molecular formula is C11H23NO. The Bertz CT molecular complexity index is 134. The van der Waals surface area contributed by atoms with E-state index in [4.69, 9.17) is 4.74 Å². The van der Waals surface area contributed by atoms with Crippen molar-refractivity contribution >= 4 is 0 Å². The number of rotatable bonds is 4. The molecule has 1 aliphatic rings. The van der Waals surface area contributed by atoms with Crippen LogP contribution < -0.4 is 0 Å². The first kappa shape index (κ1) is 11.0. The molecule has 0 N–H and O–H groups in total. The van der Waals surface area contributed by atoms with Gasteiger partial charge in [-0.05, 0) is 53.1 Å². The molecule has 0 bridgehead atoms. The fraction of sp³-hybridized carbons (Fsp3) is 1.00. The van der Waals surface area contributed by atoms with Gasteiger partial charge in [-0.1, -0.05) is 0 Å². The average molecular weight is 185 g/mol. The van der Waals surface area contributed by atoms with Crippen LogP contribution >= 0.6 is 0 Å². The maximum atomic E-state index is 5.66. The second-order valence-corrected chi connectivity index (χ2v) is 4.86. The summed E-state index contributed by atoms with van der Waals surface area (Å²) in [7, 11) is 0. The molecule has 1 fully saturated rings. The van der Waals surface area contributed by atoms with Crippen LogP contribution in [0.1, 0.15) is 40.0 Å². The van der Waals surface area contributed by atoms with Crippen LogP contribution in [0.4, 0.5) is 0 Å². The molecule has 1 heterocycles. The quantitative estimate of drug-likeness (QED) is 0.623. The van der Waals surface area contributed by atoms with E-state index in [9.17, 15) is 0 Å². The highest BCUT2D eigenvalue weighted by Crippen LogP contribution is 2.10. The molecule has 13 heavy (non-hydrogen) atoms. The first-order chi connectivity index (χ1) is 6.08. The van der Waals surface area contributed by atoms with Crippen LogP contribution in [0.25, 0.3) is 0 Å². The Morgan fingerprint density at radius 1 is 1.15 bits per heavy atom. The van der Waals surface area contributed by atoms with Crippen LogP contribution in [0.2, 0.25) is 0 Å². The number of nitrogens with zero attached hydrogens (tertiary/aromatic N) is 1. The fourth-order valence-corrected chi connectivity index (χ4v) is 1.67. The monoisotopic (exact) mass is 185 g/mol. The van der Waals surface area contributed by atoms with E-state index < -0.39 is 0 Å². The lowest BCUT2D eigenvalue weighted by Crippen LogP contribution is -2.24. The third-order valence-corrected chi connectivity index (χ3v) is 2.35. The summed E-state index contributed by atoms with van der Waals surface area (Å²) in [5.41, 5.74) is 0.0327. The van der Waals surface area contributed by atoms with Crippen molar-refractivity contribution in [3.8, 4) is 0 Å². The summed E-state index contributed by atoms with van der Waals surface area (Å²) in [6.07, 6.45) is 3.96. The maximum Gasteiger partial charge on any atom is 0.0598 e. The fourth-order valence-electron chi connectivity index (χ4n) is 1.67. The Kier molecular flexibility index (Phi) is 4.20. The van der Waals surface area contributed by atoms with Crippen molar-refractivity contribution in [2.45, 2.75) is 45.6 Å². The lowest BCUT2D eigenvalue weighted by Gasteiger charge is -2.21. The van der Waals surface area contributed by atoms with E-state index in [2.05, 4.69) is 25.7 Å². The minimum Gasteiger partial charge on any atom is -0.376 e. The molecule has 0 spiro atoms. The number of ether oxygens (including phenoxy) is 1. The van der Waals surface area contributed by atoms with Gasteiger partial charge in [-0.25, -0.2) is 0 Å². The first-order valence-electron chi connectivity index (χ1n) is 5.44. The second kappa shape index (κ2) is 4.97. The highest BCUT2D eigenvalue weighted by Gasteiger charge is 2.12. The normalized spacial score (nSPS) is 19.6. The molecule has 0 atom stereocenters. The third kappa shape index (κ3) is 5.27. The Morgan fingerprint density at radius 2 is 1.77 bits per heavy atom. The molecule has 0 amide bonds. The first-order valence-corrected chi connectivity index (χ1v) is 5.44. The summed E-state index contributed by atoms with van der Waals surface area (Å²) in [5.74, 6) is 0. The van der Waals surface area contributed by atoms with Crippen molar-refractivity contribution in [1.82, 2.24) is 4.90 Å². The van der Waals surface area contributed by atoms with E-state index in [0.29, 0.717) is 0 Å². The van der Waals surface area contributed by atoms with Gasteiger partial charge in [-0.15, -0.1) is 0 Å². The van der Waals surface area contributed by atoms with Gasteiger partial charge in [0.1, 0.15) is 0 Å². The maximum absolute atomic E-state index is 5.66. The Morgan fingerprint density at radius 3 is 2.31 bits per heavy atom. The molecule has 0 radical (unpaired) electrons. The van der Waals surface area contributed by atoms with E-state index in [1.54, 1.807) is 0 Å². The molecule has 0 aromatic heterocycles. The van der Waals surface area contributed by atoms with Crippen molar-refractivity contribution < 1.29 is 4.74 Å². The lowest BCUT2D eigenvalue weighted by molar-refractivity contribution is -0.00632. The number of likely N-dealkylation sites (tertiary alicyclic amines) is 1. The van der Waals surface area contributed by atoms with E-state index in [0.717, 1.165) is 6.61 Å². The van der Waals surface area contributed by atoms with Crippen molar-refractivity contribution in [1.29, 1.82) is 0 Å². The zero-order chi connectivity index (χ0) is 9.73. The largest absolute Gasteiger partial charge is 0.376 e. The molecule has 0 unspecified atom stereocenters. The zero-order valence-electron chi connectivity index (χ0n) is 9.31. The summed E-state index contributed by atoms with van der Waals surface area (Å²) < 4.78 is 5.66. The van der Waals surface area contributed by atoms with E-state index in [1.807, 2.05) is 0 Å². The summed E-state index contributed by atoms with van der Waals surface area (Å²) in [5, 5.41) is 0. The van der Waals surface area contributed by atoms with E-state index in [-0.39, 0.29) is 5.60 Å². The molecule has 2 nitrogen and oxygen atoms in total. The molecule has 1 aliphatic heterocycles. The predicted molar refractivity (Wildman–Crippen MR) is 56.0 cm³/mol. The van der Waals surface area contributed by atoms with Crippen molar-refractivity contribution in [3.05, 3.63) is 0 Å². The zero-order valence-corrected chi connectivity index (χ0v) is 9.31. The van der Waals surface area contributed by atoms with E-state index in [1.165, 1.54) is 38.9 Å². The van der Waals surface area contributed by atoms with Crippen molar-refractivity contribution in [2.75, 3.05) is 26.2 Å². The highest BCUT2D eigenvalue weighted by molar-refractivity contribution is 4.66. The van der Waals surface area contributed by atoms with Gasteiger partial charge in [0.15, 0.2) is 0 Å². The number of hydrogen-bond acceptors (Lipinski definition) is 2. The molecule has 78 valence electrons. The smallest absolute Gasteiger partial charge is 0.0598 e. The van der Waals surface area contributed by atoms with Gasteiger partial charge in [0, 0.05) is 13.2 Å². The highest BCUT2D eigenvalue weighted by atomic mass is 16.5. The molecule has 0 aromatic carbocycles. The molecular weight excluding hydrogens is 162 g/mol. The Balaban J connectivity index is 1.94. The Labute approximate surface area is 82.3 Å². The standard InChI is InChI=1S/C11H23NO/c1-11(2,3)13-10-6-9-12-7-4-5-8-12/h4-10H2,1-3H3. The minimum atomic E-state index is 0.0327. The predicted octanol–water partition coefficient (Wildman–Crippen LogP) is 2.29. The topological polar surface area (TPSA) is 12.5 Å². The van der Waals surface area contributed by atoms with Crippen molar-refractivity contribution in [3.63, 3.8) is 0 Å². The molecule has 0 saturated carbocycles.